The molecule has 9 rings (SSSR count). The predicted octanol–water partition coefficient (Wildman–Crippen LogP) is 11.2. The van der Waals surface area contributed by atoms with Crippen molar-refractivity contribution in [1.82, 2.24) is 15.0 Å². The number of fused-ring (bicyclic) bond motifs is 6. The van der Waals surface area contributed by atoms with Gasteiger partial charge in [-0.1, -0.05) is 152 Å². The highest BCUT2D eigenvalue weighted by Crippen LogP contribution is 2.40. The monoisotopic (exact) mass is 585 g/mol. The molecule has 0 aliphatic rings. The zero-order valence-corrected chi connectivity index (χ0v) is 24.9. The number of benzene rings is 8. The minimum atomic E-state index is 0.650. The van der Waals surface area contributed by atoms with Gasteiger partial charge in [-0.25, -0.2) is 15.0 Å². The fraction of sp³-hybridized carbons (Fsp3) is 0. The van der Waals surface area contributed by atoms with Gasteiger partial charge < -0.3 is 0 Å². The molecule has 0 unspecified atom stereocenters. The molecule has 9 aromatic rings. The van der Waals surface area contributed by atoms with Crippen molar-refractivity contribution < 1.29 is 0 Å². The maximum atomic E-state index is 5.05. The molecule has 1 aromatic heterocycles. The molecule has 1 heterocycles. The van der Waals surface area contributed by atoms with Crippen LogP contribution in [0.4, 0.5) is 0 Å². The second kappa shape index (κ2) is 10.8. The minimum absolute atomic E-state index is 0.650. The molecule has 0 atom stereocenters. The average Bonchev–Trinajstić information content (AvgIpc) is 3.14. The van der Waals surface area contributed by atoms with Crippen LogP contribution in [0.3, 0.4) is 0 Å². The van der Waals surface area contributed by atoms with Crippen LogP contribution in [0.1, 0.15) is 0 Å². The van der Waals surface area contributed by atoms with Gasteiger partial charge in [-0.2, -0.15) is 0 Å². The number of nitrogens with zero attached hydrogens (tertiary/aromatic N) is 3. The summed E-state index contributed by atoms with van der Waals surface area (Å²) in [6.45, 7) is 0. The smallest absolute Gasteiger partial charge is 0.164 e. The van der Waals surface area contributed by atoms with Gasteiger partial charge >= 0.3 is 0 Å². The van der Waals surface area contributed by atoms with Crippen LogP contribution in [0.5, 0.6) is 0 Å². The van der Waals surface area contributed by atoms with Crippen LogP contribution in [0, 0.1) is 0 Å². The molecule has 3 nitrogen and oxygen atoms in total. The van der Waals surface area contributed by atoms with Gasteiger partial charge in [0.25, 0.3) is 0 Å². The summed E-state index contributed by atoms with van der Waals surface area (Å²) in [7, 11) is 0. The first-order chi connectivity index (χ1) is 22.8. The zero-order chi connectivity index (χ0) is 30.5. The average molecular weight is 586 g/mol. The van der Waals surface area contributed by atoms with Gasteiger partial charge in [-0.15, -0.1) is 0 Å². The Morgan fingerprint density at radius 1 is 0.261 bits per heavy atom. The highest BCUT2D eigenvalue weighted by Gasteiger charge is 2.16. The van der Waals surface area contributed by atoms with Crippen molar-refractivity contribution in [2.75, 3.05) is 0 Å². The third-order valence-corrected chi connectivity index (χ3v) is 8.89. The summed E-state index contributed by atoms with van der Waals surface area (Å²) in [6.07, 6.45) is 0. The molecule has 0 spiro atoms. The van der Waals surface area contributed by atoms with Crippen LogP contribution < -0.4 is 0 Å². The fourth-order valence-corrected chi connectivity index (χ4v) is 6.69. The van der Waals surface area contributed by atoms with E-state index in [0.717, 1.165) is 27.6 Å². The van der Waals surface area contributed by atoms with E-state index in [-0.39, 0.29) is 0 Å². The van der Waals surface area contributed by atoms with Crippen LogP contribution >= 0.6 is 0 Å². The van der Waals surface area contributed by atoms with Gasteiger partial charge in [0, 0.05) is 16.7 Å². The Hall–Kier alpha value is -6.19. The highest BCUT2D eigenvalue weighted by molar-refractivity contribution is 6.20. The molecule has 46 heavy (non-hydrogen) atoms. The highest BCUT2D eigenvalue weighted by atomic mass is 15.0. The molecule has 0 saturated carbocycles. The Morgan fingerprint density at radius 3 is 1.48 bits per heavy atom. The lowest BCUT2D eigenvalue weighted by molar-refractivity contribution is 1.07. The summed E-state index contributed by atoms with van der Waals surface area (Å²) in [5.74, 6) is 1.96. The van der Waals surface area contributed by atoms with E-state index in [2.05, 4.69) is 103 Å². The van der Waals surface area contributed by atoms with E-state index < -0.39 is 0 Å². The van der Waals surface area contributed by atoms with Gasteiger partial charge in [0.05, 0.1) is 0 Å². The van der Waals surface area contributed by atoms with Crippen molar-refractivity contribution >= 4 is 43.1 Å². The van der Waals surface area contributed by atoms with Crippen molar-refractivity contribution in [2.24, 2.45) is 0 Å². The predicted molar refractivity (Wildman–Crippen MR) is 192 cm³/mol. The Balaban J connectivity index is 1.30. The third kappa shape index (κ3) is 4.41. The third-order valence-electron chi connectivity index (χ3n) is 8.89. The lowest BCUT2D eigenvalue weighted by Crippen LogP contribution is -2.00. The molecular weight excluding hydrogens is 558 g/mol. The van der Waals surface area contributed by atoms with Gasteiger partial charge in [0.2, 0.25) is 0 Å². The lowest BCUT2D eigenvalue weighted by atomic mass is 9.90. The van der Waals surface area contributed by atoms with E-state index in [9.17, 15) is 0 Å². The number of rotatable bonds is 4. The Labute approximate surface area is 266 Å². The van der Waals surface area contributed by atoms with Crippen molar-refractivity contribution in [3.05, 3.63) is 164 Å². The Morgan fingerprint density at radius 2 is 0.761 bits per heavy atom. The van der Waals surface area contributed by atoms with E-state index in [1.807, 2.05) is 60.7 Å². The standard InChI is InChI=1S/C43H27N3/c1-3-13-29(14-4-1)41-44-42(30-15-5-2-6-16-30)46-43(45-41)32-26-31-17-8-10-19-34(31)40(27-32)36-21-11-20-35-38-23-22-28-12-7-9-18-33(28)37(38)24-25-39(35)36/h1-27H. The van der Waals surface area contributed by atoms with Crippen molar-refractivity contribution in [1.29, 1.82) is 0 Å². The van der Waals surface area contributed by atoms with Crippen LogP contribution in [0.25, 0.3) is 88.4 Å². The molecule has 0 amide bonds. The molecule has 0 aliphatic heterocycles. The molecule has 0 bridgehead atoms. The van der Waals surface area contributed by atoms with E-state index >= 15 is 0 Å². The Kier molecular flexibility index (Phi) is 6.14. The summed E-state index contributed by atoms with van der Waals surface area (Å²) >= 11 is 0. The second-order valence-corrected chi connectivity index (χ2v) is 11.6. The minimum Gasteiger partial charge on any atom is -0.208 e. The molecule has 8 aromatic carbocycles. The maximum absolute atomic E-state index is 5.05. The summed E-state index contributed by atoms with van der Waals surface area (Å²) in [5, 5.41) is 9.86. The first-order valence-electron chi connectivity index (χ1n) is 15.5. The van der Waals surface area contributed by atoms with Crippen LogP contribution in [-0.4, -0.2) is 15.0 Å². The molecule has 0 fully saturated rings. The van der Waals surface area contributed by atoms with E-state index in [1.54, 1.807) is 0 Å². The van der Waals surface area contributed by atoms with Gasteiger partial charge in [0.1, 0.15) is 0 Å². The zero-order valence-electron chi connectivity index (χ0n) is 24.9. The van der Waals surface area contributed by atoms with E-state index in [1.165, 1.54) is 43.3 Å². The number of hydrogen-bond acceptors (Lipinski definition) is 3. The molecular formula is C43H27N3. The second-order valence-electron chi connectivity index (χ2n) is 11.6. The molecule has 0 radical (unpaired) electrons. The molecule has 0 aliphatic carbocycles. The van der Waals surface area contributed by atoms with Crippen LogP contribution in [0.15, 0.2) is 164 Å². The van der Waals surface area contributed by atoms with Crippen molar-refractivity contribution in [3.8, 4) is 45.3 Å². The van der Waals surface area contributed by atoms with Crippen molar-refractivity contribution in [3.63, 3.8) is 0 Å². The summed E-state index contributed by atoms with van der Waals surface area (Å²) in [4.78, 5) is 15.0. The fourth-order valence-electron chi connectivity index (χ4n) is 6.69. The first kappa shape index (κ1) is 26.2. The SMILES string of the molecule is c1ccc(-c2nc(-c3ccccc3)nc(-c3cc(-c4cccc5c4ccc4c6ccccc6ccc54)c4ccccc4c3)n2)cc1. The van der Waals surface area contributed by atoms with E-state index in [4.69, 9.17) is 15.0 Å². The summed E-state index contributed by atoms with van der Waals surface area (Å²) in [5.41, 5.74) is 5.21. The maximum Gasteiger partial charge on any atom is 0.164 e. The summed E-state index contributed by atoms with van der Waals surface area (Å²) in [6, 6.07) is 57.6. The topological polar surface area (TPSA) is 38.7 Å². The molecule has 214 valence electrons. The largest absolute Gasteiger partial charge is 0.208 e. The first-order valence-corrected chi connectivity index (χ1v) is 15.5. The quantitative estimate of drug-likeness (QED) is 0.193. The molecule has 3 heteroatoms. The van der Waals surface area contributed by atoms with Crippen LogP contribution in [0.2, 0.25) is 0 Å². The van der Waals surface area contributed by atoms with Gasteiger partial charge in [-0.3, -0.25) is 0 Å². The van der Waals surface area contributed by atoms with Crippen LogP contribution in [-0.2, 0) is 0 Å². The van der Waals surface area contributed by atoms with Crippen molar-refractivity contribution in [2.45, 2.75) is 0 Å². The summed E-state index contributed by atoms with van der Waals surface area (Å²) < 4.78 is 0. The van der Waals surface area contributed by atoms with E-state index in [0.29, 0.717) is 17.5 Å². The number of hydrogen-bond donors (Lipinski definition) is 0. The molecule has 0 saturated heterocycles. The lowest BCUT2D eigenvalue weighted by Gasteiger charge is -2.15. The van der Waals surface area contributed by atoms with Gasteiger partial charge in [0.15, 0.2) is 17.5 Å². The van der Waals surface area contributed by atoms with Gasteiger partial charge in [-0.05, 0) is 66.3 Å². The Bertz CT molecular complexity index is 2520. The number of aromatic nitrogens is 3. The normalized spacial score (nSPS) is 11.5. The molecule has 0 N–H and O–H groups in total.